The number of halogens is 2. The Morgan fingerprint density at radius 2 is 2.04 bits per heavy atom. The van der Waals surface area contributed by atoms with Crippen molar-refractivity contribution in [1.29, 1.82) is 0 Å². The topological polar surface area (TPSA) is 70.7 Å². The van der Waals surface area contributed by atoms with Crippen LogP contribution in [0.4, 0.5) is 5.69 Å². The van der Waals surface area contributed by atoms with E-state index in [1.807, 2.05) is 19.1 Å². The summed E-state index contributed by atoms with van der Waals surface area (Å²) in [5.41, 5.74) is 3.91. The summed E-state index contributed by atoms with van der Waals surface area (Å²) in [6, 6.07) is 12.2. The van der Waals surface area contributed by atoms with Gasteiger partial charge < -0.3 is 10.1 Å². The van der Waals surface area contributed by atoms with E-state index in [4.69, 9.17) is 16.3 Å². The van der Waals surface area contributed by atoms with E-state index in [1.54, 1.807) is 30.3 Å². The molecule has 0 radical (unpaired) electrons. The van der Waals surface area contributed by atoms with Gasteiger partial charge in [-0.1, -0.05) is 40.9 Å². The van der Waals surface area contributed by atoms with Crippen molar-refractivity contribution < 1.29 is 14.3 Å². The Kier molecular flexibility index (Phi) is 6.23. The lowest BCUT2D eigenvalue weighted by Crippen LogP contribution is -2.58. The average Bonchev–Trinajstić information content (AvgIpc) is 2.65. The molecule has 1 aliphatic rings. The molecule has 27 heavy (non-hydrogen) atoms. The first kappa shape index (κ1) is 19.5. The molecule has 2 amide bonds. The number of nitrogens with zero attached hydrogens (tertiary/aromatic N) is 1. The van der Waals surface area contributed by atoms with Crippen molar-refractivity contribution in [2.45, 2.75) is 25.9 Å². The molecule has 1 atom stereocenters. The summed E-state index contributed by atoms with van der Waals surface area (Å²) in [5, 5.41) is 5.23. The third-order valence-electron chi connectivity index (χ3n) is 4.06. The van der Waals surface area contributed by atoms with E-state index in [-0.39, 0.29) is 18.7 Å². The number of carbonyl (C=O) groups excluding carboxylic acids is 2. The van der Waals surface area contributed by atoms with Crippen LogP contribution in [0.3, 0.4) is 0 Å². The van der Waals surface area contributed by atoms with E-state index in [2.05, 4.69) is 26.7 Å². The SMILES string of the molecule is CCCC1Nc2ccc(Br)cc2C(=O)N1NC(=O)COc1ccc(Cl)cc1. The molecule has 0 aliphatic carbocycles. The van der Waals surface area contributed by atoms with Crippen LogP contribution in [-0.4, -0.2) is 29.6 Å². The Hall–Kier alpha value is -2.25. The van der Waals surface area contributed by atoms with E-state index in [0.717, 1.165) is 16.6 Å². The maximum atomic E-state index is 12.9. The number of amides is 2. The molecule has 0 bridgehead atoms. The van der Waals surface area contributed by atoms with Crippen LogP contribution < -0.4 is 15.5 Å². The van der Waals surface area contributed by atoms with Crippen LogP contribution in [0.1, 0.15) is 30.1 Å². The lowest BCUT2D eigenvalue weighted by molar-refractivity contribution is -0.127. The van der Waals surface area contributed by atoms with Crippen LogP contribution >= 0.6 is 27.5 Å². The second kappa shape index (κ2) is 8.63. The zero-order valence-electron chi connectivity index (χ0n) is 14.7. The summed E-state index contributed by atoms with van der Waals surface area (Å²) in [4.78, 5) is 25.2. The zero-order chi connectivity index (χ0) is 19.4. The number of nitrogens with one attached hydrogen (secondary N) is 2. The fraction of sp³-hybridized carbons (Fsp3) is 0.263. The number of hydrazine groups is 1. The Labute approximate surface area is 170 Å². The number of anilines is 1. The molecular weight excluding hydrogens is 434 g/mol. The first-order valence-corrected chi connectivity index (χ1v) is 9.72. The van der Waals surface area contributed by atoms with Gasteiger partial charge in [-0.25, -0.2) is 5.01 Å². The van der Waals surface area contributed by atoms with Gasteiger partial charge in [-0.2, -0.15) is 0 Å². The highest BCUT2D eigenvalue weighted by Crippen LogP contribution is 2.28. The summed E-state index contributed by atoms with van der Waals surface area (Å²) in [6.45, 7) is 1.81. The van der Waals surface area contributed by atoms with Gasteiger partial charge in [0.2, 0.25) is 0 Å². The molecule has 1 heterocycles. The number of rotatable bonds is 6. The predicted octanol–water partition coefficient (Wildman–Crippen LogP) is 4.21. The molecule has 2 N–H and O–H groups in total. The normalized spacial score (nSPS) is 15.7. The van der Waals surface area contributed by atoms with Crippen molar-refractivity contribution in [3.05, 3.63) is 57.5 Å². The quantitative estimate of drug-likeness (QED) is 0.689. The number of hydrogen-bond acceptors (Lipinski definition) is 4. The number of carbonyl (C=O) groups is 2. The molecular formula is C19H19BrClN3O3. The first-order chi connectivity index (χ1) is 13.0. The molecule has 0 fully saturated rings. The van der Waals surface area contributed by atoms with Gasteiger partial charge in [0.1, 0.15) is 11.9 Å². The largest absolute Gasteiger partial charge is 0.484 e. The van der Waals surface area contributed by atoms with Crippen LogP contribution in [0.15, 0.2) is 46.9 Å². The second-order valence-electron chi connectivity index (χ2n) is 6.09. The molecule has 0 spiro atoms. The number of fused-ring (bicyclic) bond motifs is 1. The van der Waals surface area contributed by atoms with Crippen molar-refractivity contribution in [3.8, 4) is 5.75 Å². The van der Waals surface area contributed by atoms with Crippen LogP contribution in [-0.2, 0) is 4.79 Å². The summed E-state index contributed by atoms with van der Waals surface area (Å²) >= 11 is 9.20. The molecule has 1 unspecified atom stereocenters. The molecule has 0 saturated carbocycles. The van der Waals surface area contributed by atoms with Crippen LogP contribution in [0.25, 0.3) is 0 Å². The molecule has 0 saturated heterocycles. The van der Waals surface area contributed by atoms with Crippen molar-refractivity contribution >= 4 is 45.0 Å². The molecule has 6 nitrogen and oxygen atoms in total. The lowest BCUT2D eigenvalue weighted by atomic mass is 10.1. The van der Waals surface area contributed by atoms with Crippen molar-refractivity contribution in [2.24, 2.45) is 0 Å². The minimum Gasteiger partial charge on any atom is -0.484 e. The van der Waals surface area contributed by atoms with Gasteiger partial charge in [0.25, 0.3) is 11.8 Å². The van der Waals surface area contributed by atoms with E-state index in [0.29, 0.717) is 22.8 Å². The maximum absolute atomic E-state index is 12.9. The average molecular weight is 453 g/mol. The van der Waals surface area contributed by atoms with Crippen LogP contribution in [0.2, 0.25) is 5.02 Å². The molecule has 0 aromatic heterocycles. The van der Waals surface area contributed by atoms with E-state index in [1.165, 1.54) is 5.01 Å². The van der Waals surface area contributed by atoms with Crippen molar-refractivity contribution in [3.63, 3.8) is 0 Å². The van der Waals surface area contributed by atoms with E-state index in [9.17, 15) is 9.59 Å². The molecule has 8 heteroatoms. The van der Waals surface area contributed by atoms with Gasteiger partial charge in [0, 0.05) is 15.2 Å². The Bertz CT molecular complexity index is 845. The third kappa shape index (κ3) is 4.73. The van der Waals surface area contributed by atoms with Gasteiger partial charge in [-0.05, 0) is 48.9 Å². The van der Waals surface area contributed by atoms with Gasteiger partial charge in [-0.15, -0.1) is 0 Å². The number of ether oxygens (including phenoxy) is 1. The molecule has 1 aliphatic heterocycles. The lowest BCUT2D eigenvalue weighted by Gasteiger charge is -2.37. The van der Waals surface area contributed by atoms with Crippen molar-refractivity contribution in [2.75, 3.05) is 11.9 Å². The van der Waals surface area contributed by atoms with Gasteiger partial charge >= 0.3 is 0 Å². The minimum absolute atomic E-state index is 0.213. The summed E-state index contributed by atoms with van der Waals surface area (Å²) in [7, 11) is 0. The Balaban J connectivity index is 1.69. The Morgan fingerprint density at radius 3 is 2.74 bits per heavy atom. The van der Waals surface area contributed by atoms with Crippen molar-refractivity contribution in [1.82, 2.24) is 10.4 Å². The van der Waals surface area contributed by atoms with Gasteiger partial charge in [-0.3, -0.25) is 15.0 Å². The highest BCUT2D eigenvalue weighted by atomic mass is 79.9. The fourth-order valence-electron chi connectivity index (χ4n) is 2.78. The van der Waals surface area contributed by atoms with E-state index >= 15 is 0 Å². The number of benzene rings is 2. The van der Waals surface area contributed by atoms with Crippen LogP contribution in [0.5, 0.6) is 5.75 Å². The van der Waals surface area contributed by atoms with Gasteiger partial charge in [0.15, 0.2) is 6.61 Å². The smallest absolute Gasteiger partial charge is 0.276 e. The van der Waals surface area contributed by atoms with Gasteiger partial charge in [0.05, 0.1) is 5.56 Å². The Morgan fingerprint density at radius 1 is 1.30 bits per heavy atom. The summed E-state index contributed by atoms with van der Waals surface area (Å²) in [6.07, 6.45) is 1.22. The van der Waals surface area contributed by atoms with Crippen LogP contribution in [0, 0.1) is 0 Å². The standard InChI is InChI=1S/C19H19BrClN3O3/c1-2-3-17-22-16-9-4-12(20)10-15(16)19(26)24(17)23-18(25)11-27-14-7-5-13(21)6-8-14/h4-10,17,22H,2-3,11H2,1H3,(H,23,25). The second-order valence-corrected chi connectivity index (χ2v) is 7.44. The zero-order valence-corrected chi connectivity index (χ0v) is 17.0. The third-order valence-corrected chi connectivity index (χ3v) is 4.80. The maximum Gasteiger partial charge on any atom is 0.276 e. The molecule has 2 aromatic rings. The first-order valence-electron chi connectivity index (χ1n) is 8.55. The fourth-order valence-corrected chi connectivity index (χ4v) is 3.27. The molecule has 142 valence electrons. The minimum atomic E-state index is -0.417. The van der Waals surface area contributed by atoms with E-state index < -0.39 is 5.91 Å². The summed E-state index contributed by atoms with van der Waals surface area (Å²) in [5.74, 6) is -0.153. The highest BCUT2D eigenvalue weighted by molar-refractivity contribution is 9.10. The molecule has 3 rings (SSSR count). The predicted molar refractivity (Wildman–Crippen MR) is 108 cm³/mol. The number of hydrogen-bond donors (Lipinski definition) is 2. The summed E-state index contributed by atoms with van der Waals surface area (Å²) < 4.78 is 6.24. The highest BCUT2D eigenvalue weighted by Gasteiger charge is 2.33. The molecule has 2 aromatic carbocycles. The monoisotopic (exact) mass is 451 g/mol.